The minimum atomic E-state index is -0.256. The molecule has 0 radical (unpaired) electrons. The Balaban J connectivity index is 2.46. The number of hydrogen-bond donors (Lipinski definition) is 2. The smallest absolute Gasteiger partial charge is 0.305 e. The van der Waals surface area contributed by atoms with E-state index in [0.717, 1.165) is 0 Å². The zero-order valence-electron chi connectivity index (χ0n) is 9.80. The molecule has 96 valence electrons. The summed E-state index contributed by atoms with van der Waals surface area (Å²) in [7, 11) is 0. The van der Waals surface area contributed by atoms with Crippen LogP contribution in [-0.4, -0.2) is 37.8 Å². The highest BCUT2D eigenvalue weighted by Gasteiger charge is 2.11. The molecule has 0 unspecified atom stereocenters. The quantitative estimate of drug-likeness (QED) is 0.633. The third kappa shape index (κ3) is 3.79. The number of aliphatic hydroxyl groups is 2. The van der Waals surface area contributed by atoms with Crippen LogP contribution < -0.4 is 0 Å². The summed E-state index contributed by atoms with van der Waals surface area (Å²) in [5.41, 5.74) is 0.847. The molecule has 0 atom stereocenters. The first kappa shape index (κ1) is 13.6. The van der Waals surface area contributed by atoms with Crippen LogP contribution in [0.2, 0.25) is 0 Å². The first-order chi connectivity index (χ1) is 8.22. The van der Waals surface area contributed by atoms with Crippen molar-refractivity contribution in [2.75, 3.05) is 6.61 Å². The summed E-state index contributed by atoms with van der Waals surface area (Å²) < 4.78 is 6.28. The Kier molecular flexibility index (Phi) is 5.58. The Morgan fingerprint density at radius 3 is 2.76 bits per heavy atom. The van der Waals surface area contributed by atoms with Gasteiger partial charge in [0.15, 0.2) is 0 Å². The number of aromatic nitrogens is 3. The van der Waals surface area contributed by atoms with Gasteiger partial charge in [0.25, 0.3) is 0 Å². The first-order valence-corrected chi connectivity index (χ1v) is 5.51. The molecular weight excluding hydrogens is 226 g/mol. The van der Waals surface area contributed by atoms with E-state index in [9.17, 15) is 4.79 Å². The van der Waals surface area contributed by atoms with Crippen molar-refractivity contribution in [2.45, 2.75) is 39.5 Å². The summed E-state index contributed by atoms with van der Waals surface area (Å²) in [6.45, 7) is 2.10. The summed E-state index contributed by atoms with van der Waals surface area (Å²) in [5, 5.41) is 25.6. The molecule has 2 N–H and O–H groups in total. The Morgan fingerprint density at radius 2 is 2.18 bits per heavy atom. The lowest BCUT2D eigenvalue weighted by atomic mass is 10.3. The second kappa shape index (κ2) is 6.97. The summed E-state index contributed by atoms with van der Waals surface area (Å²) in [6.07, 6.45) is 0.854. The zero-order valence-corrected chi connectivity index (χ0v) is 9.80. The van der Waals surface area contributed by atoms with E-state index in [1.165, 1.54) is 4.68 Å². The summed E-state index contributed by atoms with van der Waals surface area (Å²) in [5.74, 6) is -0.249. The van der Waals surface area contributed by atoms with Gasteiger partial charge in [0.1, 0.15) is 5.69 Å². The average molecular weight is 243 g/mol. The second-order valence-corrected chi connectivity index (χ2v) is 3.43. The lowest BCUT2D eigenvalue weighted by Crippen LogP contribution is -2.10. The number of carbonyl (C=O) groups is 1. The van der Waals surface area contributed by atoms with Gasteiger partial charge in [-0.05, 0) is 13.3 Å². The first-order valence-electron chi connectivity index (χ1n) is 5.51. The molecule has 0 bridgehead atoms. The highest BCUT2D eigenvalue weighted by molar-refractivity contribution is 5.69. The molecule has 0 aromatic carbocycles. The van der Waals surface area contributed by atoms with Crippen LogP contribution in [0.15, 0.2) is 0 Å². The summed E-state index contributed by atoms with van der Waals surface area (Å²) in [6, 6.07) is 0. The average Bonchev–Trinajstić information content (AvgIpc) is 2.71. The molecule has 1 rings (SSSR count). The van der Waals surface area contributed by atoms with Crippen molar-refractivity contribution in [3.05, 3.63) is 11.4 Å². The molecule has 0 aliphatic carbocycles. The maximum absolute atomic E-state index is 11.1. The molecule has 0 amide bonds. The fraction of sp³-hybridized carbons (Fsp3) is 0.700. The number of esters is 1. The number of carbonyl (C=O) groups excluding carboxylic acids is 1. The maximum atomic E-state index is 11.1. The third-order valence-electron chi connectivity index (χ3n) is 2.27. The number of rotatable bonds is 7. The van der Waals surface area contributed by atoms with Crippen LogP contribution in [-0.2, 0) is 29.3 Å². The molecule has 17 heavy (non-hydrogen) atoms. The van der Waals surface area contributed by atoms with E-state index in [4.69, 9.17) is 14.9 Å². The molecule has 1 heterocycles. The maximum Gasteiger partial charge on any atom is 0.305 e. The molecule has 0 saturated heterocycles. The molecule has 1 aromatic rings. The third-order valence-corrected chi connectivity index (χ3v) is 2.27. The van der Waals surface area contributed by atoms with Crippen LogP contribution in [0, 0.1) is 0 Å². The highest BCUT2D eigenvalue weighted by atomic mass is 16.5. The van der Waals surface area contributed by atoms with Crippen molar-refractivity contribution in [1.29, 1.82) is 0 Å². The standard InChI is InChI=1S/C10H17N3O4/c1-2-17-10(16)4-3-5-13-9(7-15)8(6-14)11-12-13/h14-15H,2-7H2,1H3. The SMILES string of the molecule is CCOC(=O)CCCn1nnc(CO)c1CO. The van der Waals surface area contributed by atoms with Gasteiger partial charge in [0.2, 0.25) is 0 Å². The number of nitrogens with zero attached hydrogens (tertiary/aromatic N) is 3. The van der Waals surface area contributed by atoms with Gasteiger partial charge in [-0.3, -0.25) is 4.79 Å². The van der Waals surface area contributed by atoms with Crippen molar-refractivity contribution in [3.8, 4) is 0 Å². The lowest BCUT2D eigenvalue weighted by molar-refractivity contribution is -0.143. The van der Waals surface area contributed by atoms with Crippen molar-refractivity contribution < 1.29 is 19.7 Å². The topological polar surface area (TPSA) is 97.5 Å². The second-order valence-electron chi connectivity index (χ2n) is 3.43. The fourth-order valence-electron chi connectivity index (χ4n) is 1.45. The van der Waals surface area contributed by atoms with Gasteiger partial charge in [-0.15, -0.1) is 5.10 Å². The lowest BCUT2D eigenvalue weighted by Gasteiger charge is -2.05. The predicted octanol–water partition coefficient (Wildman–Crippen LogP) is -0.394. The van der Waals surface area contributed by atoms with Crippen molar-refractivity contribution >= 4 is 5.97 Å². The van der Waals surface area contributed by atoms with Gasteiger partial charge in [0, 0.05) is 13.0 Å². The minimum absolute atomic E-state index is 0.234. The van der Waals surface area contributed by atoms with Crippen LogP contribution in [0.4, 0.5) is 0 Å². The highest BCUT2D eigenvalue weighted by Crippen LogP contribution is 2.07. The van der Waals surface area contributed by atoms with Crippen LogP contribution in [0.3, 0.4) is 0 Å². The van der Waals surface area contributed by atoms with Crippen molar-refractivity contribution in [1.82, 2.24) is 15.0 Å². The predicted molar refractivity (Wildman–Crippen MR) is 57.7 cm³/mol. The molecular formula is C10H17N3O4. The molecule has 1 aromatic heterocycles. The van der Waals surface area contributed by atoms with E-state index >= 15 is 0 Å². The Morgan fingerprint density at radius 1 is 1.41 bits per heavy atom. The molecule has 0 spiro atoms. The number of hydrogen-bond acceptors (Lipinski definition) is 6. The number of aliphatic hydroxyl groups excluding tert-OH is 2. The van der Waals surface area contributed by atoms with Crippen LogP contribution in [0.25, 0.3) is 0 Å². The normalized spacial score (nSPS) is 10.5. The summed E-state index contributed by atoms with van der Waals surface area (Å²) >= 11 is 0. The van der Waals surface area contributed by atoms with Gasteiger partial charge < -0.3 is 14.9 Å². The van der Waals surface area contributed by atoms with Crippen LogP contribution in [0.5, 0.6) is 0 Å². The van der Waals surface area contributed by atoms with Crippen molar-refractivity contribution in [2.24, 2.45) is 0 Å². The zero-order chi connectivity index (χ0) is 12.7. The Bertz CT molecular complexity index is 364. The van der Waals surface area contributed by atoms with Crippen LogP contribution >= 0.6 is 0 Å². The minimum Gasteiger partial charge on any atom is -0.466 e. The van der Waals surface area contributed by atoms with Gasteiger partial charge in [-0.25, -0.2) is 4.68 Å². The van der Waals surface area contributed by atoms with Crippen molar-refractivity contribution in [3.63, 3.8) is 0 Å². The molecule has 0 aliphatic rings. The van der Waals surface area contributed by atoms with E-state index in [1.54, 1.807) is 6.92 Å². The van der Waals surface area contributed by atoms with E-state index < -0.39 is 0 Å². The van der Waals surface area contributed by atoms with E-state index in [-0.39, 0.29) is 19.2 Å². The Labute approximate surface area is 99.0 Å². The van der Waals surface area contributed by atoms with E-state index in [1.807, 2.05) is 0 Å². The number of ether oxygens (including phenoxy) is 1. The van der Waals surface area contributed by atoms with E-state index in [2.05, 4.69) is 10.3 Å². The molecule has 0 aliphatic heterocycles. The van der Waals surface area contributed by atoms with E-state index in [0.29, 0.717) is 37.4 Å². The Hall–Kier alpha value is -1.47. The fourth-order valence-corrected chi connectivity index (χ4v) is 1.45. The number of aryl methyl sites for hydroxylation is 1. The summed E-state index contributed by atoms with van der Waals surface area (Å²) in [4.78, 5) is 11.1. The van der Waals surface area contributed by atoms with Crippen LogP contribution in [0.1, 0.15) is 31.2 Å². The van der Waals surface area contributed by atoms with Gasteiger partial charge >= 0.3 is 5.97 Å². The molecule has 7 heteroatoms. The van der Waals surface area contributed by atoms with Gasteiger partial charge in [-0.2, -0.15) is 0 Å². The molecule has 0 saturated carbocycles. The monoisotopic (exact) mass is 243 g/mol. The largest absolute Gasteiger partial charge is 0.466 e. The molecule has 7 nitrogen and oxygen atoms in total. The van der Waals surface area contributed by atoms with Gasteiger partial charge in [0.05, 0.1) is 25.5 Å². The van der Waals surface area contributed by atoms with Gasteiger partial charge in [-0.1, -0.05) is 5.21 Å². The molecule has 0 fully saturated rings.